The van der Waals surface area contributed by atoms with E-state index in [0.29, 0.717) is 24.0 Å². The van der Waals surface area contributed by atoms with Gasteiger partial charge in [-0.3, -0.25) is 9.59 Å². The Morgan fingerprint density at radius 3 is 2.61 bits per heavy atom. The molecule has 0 aromatic rings. The molecule has 3 aliphatic rings. The lowest BCUT2D eigenvalue weighted by Crippen LogP contribution is -2.20. The van der Waals surface area contributed by atoms with E-state index in [0.717, 1.165) is 18.4 Å². The molecule has 0 spiro atoms. The van der Waals surface area contributed by atoms with Crippen LogP contribution < -0.4 is 0 Å². The average molecular weight is 248 g/mol. The van der Waals surface area contributed by atoms with Gasteiger partial charge >= 0.3 is 5.97 Å². The zero-order valence-corrected chi connectivity index (χ0v) is 11.2. The Kier molecular flexibility index (Phi) is 2.61. The third-order valence-corrected chi connectivity index (χ3v) is 5.26. The first kappa shape index (κ1) is 11.9. The third-order valence-electron chi connectivity index (χ3n) is 5.26. The van der Waals surface area contributed by atoms with Crippen molar-refractivity contribution in [1.82, 2.24) is 0 Å². The van der Waals surface area contributed by atoms with E-state index in [2.05, 4.69) is 6.92 Å². The monoisotopic (exact) mass is 248 g/mol. The van der Waals surface area contributed by atoms with Crippen molar-refractivity contribution in [1.29, 1.82) is 0 Å². The minimum absolute atomic E-state index is 0.0167. The number of hydrogen-bond acceptors (Lipinski definition) is 3. The Labute approximate surface area is 108 Å². The molecule has 1 saturated heterocycles. The molecule has 0 aromatic heterocycles. The third kappa shape index (κ3) is 1.56. The first-order valence-corrected chi connectivity index (χ1v) is 6.92. The molecular weight excluding hydrogens is 228 g/mol. The van der Waals surface area contributed by atoms with Crippen molar-refractivity contribution in [2.45, 2.75) is 46.1 Å². The summed E-state index contributed by atoms with van der Waals surface area (Å²) in [6.07, 6.45) is 2.53. The smallest absolute Gasteiger partial charge is 0.309 e. The Balaban J connectivity index is 1.97. The van der Waals surface area contributed by atoms with E-state index in [1.807, 2.05) is 13.8 Å². The molecule has 2 aliphatic carbocycles. The van der Waals surface area contributed by atoms with Crippen molar-refractivity contribution in [3.63, 3.8) is 0 Å². The highest BCUT2D eigenvalue weighted by Gasteiger charge is 2.48. The van der Waals surface area contributed by atoms with Crippen molar-refractivity contribution in [2.75, 3.05) is 0 Å². The number of ketones is 1. The maximum Gasteiger partial charge on any atom is 0.309 e. The van der Waals surface area contributed by atoms with Gasteiger partial charge in [-0.05, 0) is 37.2 Å². The predicted octanol–water partition coefficient (Wildman–Crippen LogP) is 2.50. The van der Waals surface area contributed by atoms with Crippen LogP contribution in [-0.2, 0) is 14.3 Å². The maximum atomic E-state index is 11.9. The first-order chi connectivity index (χ1) is 8.49. The number of carbonyl (C=O) groups is 2. The van der Waals surface area contributed by atoms with Crippen LogP contribution in [0.4, 0.5) is 0 Å². The SMILES string of the molecule is CC1=C2C[C@@H]3[C@H](C)C(=O)O[C@@H]3C[C@H](C)[C@@H]2CC1=O. The van der Waals surface area contributed by atoms with Gasteiger partial charge in [-0.1, -0.05) is 19.4 Å². The molecular formula is C15H20O3. The fourth-order valence-electron chi connectivity index (χ4n) is 3.94. The molecule has 5 atom stereocenters. The van der Waals surface area contributed by atoms with E-state index >= 15 is 0 Å². The lowest BCUT2D eigenvalue weighted by Gasteiger charge is -2.19. The second-order valence-corrected chi connectivity index (χ2v) is 6.23. The zero-order valence-electron chi connectivity index (χ0n) is 11.2. The van der Waals surface area contributed by atoms with E-state index in [4.69, 9.17) is 4.74 Å². The summed E-state index contributed by atoms with van der Waals surface area (Å²) in [6.45, 7) is 6.10. The predicted molar refractivity (Wildman–Crippen MR) is 66.7 cm³/mol. The Hall–Kier alpha value is -1.12. The summed E-state index contributed by atoms with van der Waals surface area (Å²) in [6, 6.07) is 0. The molecule has 1 heterocycles. The quantitative estimate of drug-likeness (QED) is 0.619. The van der Waals surface area contributed by atoms with Crippen LogP contribution in [0.1, 0.15) is 40.0 Å². The van der Waals surface area contributed by atoms with Crippen molar-refractivity contribution >= 4 is 11.8 Å². The second kappa shape index (κ2) is 3.94. The number of ether oxygens (including phenoxy) is 1. The van der Waals surface area contributed by atoms with E-state index < -0.39 is 0 Å². The van der Waals surface area contributed by atoms with Gasteiger partial charge in [-0.25, -0.2) is 0 Å². The molecule has 98 valence electrons. The van der Waals surface area contributed by atoms with Crippen molar-refractivity contribution in [3.8, 4) is 0 Å². The van der Waals surface area contributed by atoms with Crippen molar-refractivity contribution < 1.29 is 14.3 Å². The number of Topliss-reactive ketones (excluding diaryl/α,β-unsaturated/α-hetero) is 1. The van der Waals surface area contributed by atoms with E-state index in [1.165, 1.54) is 5.57 Å². The van der Waals surface area contributed by atoms with E-state index in [-0.39, 0.29) is 23.9 Å². The summed E-state index contributed by atoms with van der Waals surface area (Å²) in [5.41, 5.74) is 2.27. The molecule has 0 unspecified atom stereocenters. The molecule has 0 amide bonds. The highest BCUT2D eigenvalue weighted by atomic mass is 16.6. The van der Waals surface area contributed by atoms with Gasteiger partial charge < -0.3 is 4.74 Å². The van der Waals surface area contributed by atoms with Gasteiger partial charge in [0.25, 0.3) is 0 Å². The van der Waals surface area contributed by atoms with Gasteiger partial charge in [0.2, 0.25) is 0 Å². The molecule has 1 aliphatic heterocycles. The van der Waals surface area contributed by atoms with Crippen LogP contribution in [0, 0.1) is 23.7 Å². The first-order valence-electron chi connectivity index (χ1n) is 6.92. The minimum atomic E-state index is -0.0572. The zero-order chi connectivity index (χ0) is 13.0. The van der Waals surface area contributed by atoms with Gasteiger partial charge in [-0.2, -0.15) is 0 Å². The number of rotatable bonds is 0. The van der Waals surface area contributed by atoms with E-state index in [9.17, 15) is 9.59 Å². The fourth-order valence-corrected chi connectivity index (χ4v) is 3.94. The van der Waals surface area contributed by atoms with Gasteiger partial charge in [-0.15, -0.1) is 0 Å². The molecule has 3 heteroatoms. The number of carbonyl (C=O) groups excluding carboxylic acids is 2. The molecule has 18 heavy (non-hydrogen) atoms. The van der Waals surface area contributed by atoms with Crippen LogP contribution >= 0.6 is 0 Å². The Bertz CT molecular complexity index is 449. The van der Waals surface area contributed by atoms with Crippen LogP contribution in [0.5, 0.6) is 0 Å². The summed E-state index contributed by atoms with van der Waals surface area (Å²) in [5.74, 6) is 1.35. The Morgan fingerprint density at radius 2 is 1.89 bits per heavy atom. The average Bonchev–Trinajstić information content (AvgIpc) is 2.68. The molecule has 0 bridgehead atoms. The summed E-state index contributed by atoms with van der Waals surface area (Å²) >= 11 is 0. The number of allylic oxidation sites excluding steroid dienone is 2. The van der Waals surface area contributed by atoms with Crippen LogP contribution in [0.25, 0.3) is 0 Å². The Morgan fingerprint density at radius 1 is 1.17 bits per heavy atom. The fraction of sp³-hybridized carbons (Fsp3) is 0.733. The summed E-state index contributed by atoms with van der Waals surface area (Å²) in [7, 11) is 0. The van der Waals surface area contributed by atoms with Crippen molar-refractivity contribution in [3.05, 3.63) is 11.1 Å². The number of fused-ring (bicyclic) bond motifs is 2. The lowest BCUT2D eigenvalue weighted by molar-refractivity contribution is -0.144. The second-order valence-electron chi connectivity index (χ2n) is 6.23. The largest absolute Gasteiger partial charge is 0.462 e. The molecule has 1 saturated carbocycles. The van der Waals surface area contributed by atoms with Gasteiger partial charge in [0.15, 0.2) is 5.78 Å². The van der Waals surface area contributed by atoms with Crippen molar-refractivity contribution in [2.24, 2.45) is 23.7 Å². The topological polar surface area (TPSA) is 43.4 Å². The van der Waals surface area contributed by atoms with Gasteiger partial charge in [0, 0.05) is 12.3 Å². The maximum absolute atomic E-state index is 11.9. The van der Waals surface area contributed by atoms with Crippen LogP contribution in [0.3, 0.4) is 0 Å². The minimum Gasteiger partial charge on any atom is -0.462 e. The van der Waals surface area contributed by atoms with Crippen LogP contribution in [0.2, 0.25) is 0 Å². The summed E-state index contributed by atoms with van der Waals surface area (Å²) in [4.78, 5) is 23.6. The van der Waals surface area contributed by atoms with Crippen LogP contribution in [-0.4, -0.2) is 17.9 Å². The highest BCUT2D eigenvalue weighted by molar-refractivity contribution is 5.98. The molecule has 2 fully saturated rings. The molecule has 3 nitrogen and oxygen atoms in total. The van der Waals surface area contributed by atoms with Gasteiger partial charge in [0.05, 0.1) is 5.92 Å². The normalized spacial score (nSPS) is 43.6. The summed E-state index contributed by atoms with van der Waals surface area (Å²) in [5, 5.41) is 0. The molecule has 3 rings (SSSR count). The van der Waals surface area contributed by atoms with Gasteiger partial charge in [0.1, 0.15) is 6.10 Å². The number of esters is 1. The summed E-state index contributed by atoms with van der Waals surface area (Å²) < 4.78 is 5.51. The molecule has 0 radical (unpaired) electrons. The van der Waals surface area contributed by atoms with E-state index in [1.54, 1.807) is 0 Å². The highest BCUT2D eigenvalue weighted by Crippen LogP contribution is 2.48. The molecule has 0 aromatic carbocycles. The molecule has 0 N–H and O–H groups in total. The standard InChI is InChI=1S/C15H20O3/c1-7-4-14-12(9(3)15(17)18-14)5-11-8(2)13(16)6-10(7)11/h7,9-10,12,14H,4-6H2,1-3H3/t7-,9-,10-,12+,14+/m0/s1. The number of hydrogen-bond donors (Lipinski definition) is 0. The lowest BCUT2D eigenvalue weighted by atomic mass is 9.85. The van der Waals surface area contributed by atoms with Crippen LogP contribution in [0.15, 0.2) is 11.1 Å².